The lowest BCUT2D eigenvalue weighted by Gasteiger charge is -2.30. The Kier molecular flexibility index (Phi) is 5.27. The van der Waals surface area contributed by atoms with E-state index in [2.05, 4.69) is 6.92 Å². The fourth-order valence-electron chi connectivity index (χ4n) is 4.01. The van der Waals surface area contributed by atoms with Crippen LogP contribution in [0.1, 0.15) is 56.9 Å². The van der Waals surface area contributed by atoms with Crippen molar-refractivity contribution in [3.05, 3.63) is 59.4 Å². The number of hydrogen-bond acceptors (Lipinski definition) is 0. The SMILES string of the molecule is CCCC1CCC(c2c(-c3ccccc3)cc(F)c(F)c2F)CC1. The summed E-state index contributed by atoms with van der Waals surface area (Å²) >= 11 is 0. The molecule has 0 saturated heterocycles. The Morgan fingerprint density at radius 1 is 0.917 bits per heavy atom. The van der Waals surface area contributed by atoms with Crippen molar-refractivity contribution in [2.75, 3.05) is 0 Å². The van der Waals surface area contributed by atoms with E-state index in [1.807, 2.05) is 30.3 Å². The van der Waals surface area contributed by atoms with Crippen LogP contribution in [0, 0.1) is 23.4 Å². The second-order valence-corrected chi connectivity index (χ2v) is 6.82. The molecule has 0 bridgehead atoms. The summed E-state index contributed by atoms with van der Waals surface area (Å²) in [6.45, 7) is 2.18. The summed E-state index contributed by atoms with van der Waals surface area (Å²) in [4.78, 5) is 0. The largest absolute Gasteiger partial charge is 0.204 e. The molecule has 3 heteroatoms. The monoisotopic (exact) mass is 332 g/mol. The van der Waals surface area contributed by atoms with Crippen LogP contribution in [0.25, 0.3) is 11.1 Å². The van der Waals surface area contributed by atoms with E-state index in [0.29, 0.717) is 17.0 Å². The van der Waals surface area contributed by atoms with E-state index in [0.717, 1.165) is 43.7 Å². The molecular formula is C21H23F3. The third-order valence-electron chi connectivity index (χ3n) is 5.24. The fraction of sp³-hybridized carbons (Fsp3) is 0.429. The molecule has 0 radical (unpaired) electrons. The van der Waals surface area contributed by atoms with Crippen molar-refractivity contribution in [3.8, 4) is 11.1 Å². The number of benzene rings is 2. The van der Waals surface area contributed by atoms with Crippen LogP contribution in [0.4, 0.5) is 13.2 Å². The summed E-state index contributed by atoms with van der Waals surface area (Å²) in [5.74, 6) is -2.83. The summed E-state index contributed by atoms with van der Waals surface area (Å²) in [5.41, 5.74) is 1.59. The quantitative estimate of drug-likeness (QED) is 0.537. The Hall–Kier alpha value is -1.77. The zero-order chi connectivity index (χ0) is 17.1. The predicted molar refractivity (Wildman–Crippen MR) is 91.4 cm³/mol. The molecule has 0 amide bonds. The lowest BCUT2D eigenvalue weighted by Crippen LogP contribution is -2.16. The minimum absolute atomic E-state index is 0.0385. The van der Waals surface area contributed by atoms with Crippen molar-refractivity contribution in [3.63, 3.8) is 0 Å². The fourth-order valence-corrected chi connectivity index (χ4v) is 4.01. The Morgan fingerprint density at radius 3 is 2.21 bits per heavy atom. The molecule has 0 atom stereocenters. The highest BCUT2D eigenvalue weighted by atomic mass is 19.2. The van der Waals surface area contributed by atoms with Gasteiger partial charge >= 0.3 is 0 Å². The Bertz CT molecular complexity index is 686. The van der Waals surface area contributed by atoms with Gasteiger partial charge in [0.25, 0.3) is 0 Å². The van der Waals surface area contributed by atoms with E-state index < -0.39 is 17.5 Å². The number of rotatable bonds is 4. The molecule has 1 aliphatic rings. The van der Waals surface area contributed by atoms with Gasteiger partial charge in [-0.15, -0.1) is 0 Å². The topological polar surface area (TPSA) is 0 Å². The van der Waals surface area contributed by atoms with Gasteiger partial charge in [0.1, 0.15) is 0 Å². The van der Waals surface area contributed by atoms with E-state index in [9.17, 15) is 13.2 Å². The van der Waals surface area contributed by atoms with Crippen molar-refractivity contribution in [2.45, 2.75) is 51.4 Å². The van der Waals surface area contributed by atoms with Crippen molar-refractivity contribution < 1.29 is 13.2 Å². The molecule has 3 rings (SSSR count). The first kappa shape index (κ1) is 17.1. The molecule has 2 aromatic rings. The van der Waals surface area contributed by atoms with Crippen molar-refractivity contribution in [2.24, 2.45) is 5.92 Å². The van der Waals surface area contributed by atoms with Crippen molar-refractivity contribution in [1.29, 1.82) is 0 Å². The smallest absolute Gasteiger partial charge is 0.194 e. The Balaban J connectivity index is 1.99. The second-order valence-electron chi connectivity index (χ2n) is 6.82. The van der Waals surface area contributed by atoms with Gasteiger partial charge < -0.3 is 0 Å². The third kappa shape index (κ3) is 3.35. The summed E-state index contributed by atoms with van der Waals surface area (Å²) in [6, 6.07) is 10.3. The molecule has 0 aromatic heterocycles. The van der Waals surface area contributed by atoms with Crippen LogP contribution in [0.5, 0.6) is 0 Å². The second kappa shape index (κ2) is 7.42. The van der Waals surface area contributed by atoms with Gasteiger partial charge in [0.05, 0.1) is 0 Å². The molecule has 0 aliphatic heterocycles. The van der Waals surface area contributed by atoms with E-state index >= 15 is 0 Å². The highest BCUT2D eigenvalue weighted by molar-refractivity contribution is 5.68. The Morgan fingerprint density at radius 2 is 1.58 bits per heavy atom. The predicted octanol–water partition coefficient (Wildman–Crippen LogP) is 6.84. The van der Waals surface area contributed by atoms with E-state index in [1.165, 1.54) is 6.42 Å². The minimum Gasteiger partial charge on any atom is -0.204 e. The van der Waals surface area contributed by atoms with Gasteiger partial charge in [0.15, 0.2) is 17.5 Å². The van der Waals surface area contributed by atoms with Crippen LogP contribution < -0.4 is 0 Å². The first-order valence-electron chi connectivity index (χ1n) is 8.84. The normalized spacial score (nSPS) is 21.0. The van der Waals surface area contributed by atoms with Gasteiger partial charge in [-0.1, -0.05) is 50.1 Å². The highest BCUT2D eigenvalue weighted by Crippen LogP contribution is 2.43. The van der Waals surface area contributed by atoms with Crippen LogP contribution >= 0.6 is 0 Å². The van der Waals surface area contributed by atoms with Crippen molar-refractivity contribution >= 4 is 0 Å². The first-order valence-corrected chi connectivity index (χ1v) is 8.84. The summed E-state index contributed by atoms with van der Waals surface area (Å²) < 4.78 is 42.3. The van der Waals surface area contributed by atoms with Gasteiger partial charge in [0.2, 0.25) is 0 Å². The van der Waals surface area contributed by atoms with E-state index in [-0.39, 0.29) is 5.92 Å². The van der Waals surface area contributed by atoms with Crippen LogP contribution in [-0.2, 0) is 0 Å². The van der Waals surface area contributed by atoms with Crippen LogP contribution in [0.15, 0.2) is 36.4 Å². The van der Waals surface area contributed by atoms with Gasteiger partial charge in [-0.05, 0) is 54.7 Å². The highest BCUT2D eigenvalue weighted by Gasteiger charge is 2.29. The third-order valence-corrected chi connectivity index (χ3v) is 5.24. The first-order chi connectivity index (χ1) is 11.6. The molecule has 128 valence electrons. The molecule has 1 fully saturated rings. The maximum absolute atomic E-state index is 14.6. The molecule has 0 N–H and O–H groups in total. The number of halogens is 3. The Labute approximate surface area is 141 Å². The lowest BCUT2D eigenvalue weighted by molar-refractivity contribution is 0.302. The molecule has 0 unspecified atom stereocenters. The van der Waals surface area contributed by atoms with Crippen LogP contribution in [0.3, 0.4) is 0 Å². The zero-order valence-corrected chi connectivity index (χ0v) is 14.0. The molecular weight excluding hydrogens is 309 g/mol. The molecule has 0 nitrogen and oxygen atoms in total. The molecule has 1 aliphatic carbocycles. The molecule has 0 heterocycles. The van der Waals surface area contributed by atoms with Crippen LogP contribution in [0.2, 0.25) is 0 Å². The zero-order valence-electron chi connectivity index (χ0n) is 14.0. The summed E-state index contributed by atoms with van der Waals surface area (Å²) in [6.07, 6.45) is 6.10. The minimum atomic E-state index is -1.35. The van der Waals surface area contributed by atoms with E-state index in [4.69, 9.17) is 0 Å². The molecule has 2 aromatic carbocycles. The van der Waals surface area contributed by atoms with Gasteiger partial charge in [-0.2, -0.15) is 0 Å². The average molecular weight is 332 g/mol. The molecule has 0 spiro atoms. The van der Waals surface area contributed by atoms with Crippen molar-refractivity contribution in [1.82, 2.24) is 0 Å². The van der Waals surface area contributed by atoms with Gasteiger partial charge in [-0.3, -0.25) is 0 Å². The van der Waals surface area contributed by atoms with Gasteiger partial charge in [0, 0.05) is 5.56 Å². The molecule has 1 saturated carbocycles. The molecule has 24 heavy (non-hydrogen) atoms. The van der Waals surface area contributed by atoms with Crippen LogP contribution in [-0.4, -0.2) is 0 Å². The number of hydrogen-bond donors (Lipinski definition) is 0. The van der Waals surface area contributed by atoms with E-state index in [1.54, 1.807) is 0 Å². The summed E-state index contributed by atoms with van der Waals surface area (Å²) in [7, 11) is 0. The summed E-state index contributed by atoms with van der Waals surface area (Å²) in [5, 5.41) is 0. The maximum atomic E-state index is 14.6. The lowest BCUT2D eigenvalue weighted by atomic mass is 9.75. The maximum Gasteiger partial charge on any atom is 0.194 e. The average Bonchev–Trinajstić information content (AvgIpc) is 2.61. The standard InChI is InChI=1S/C21H23F3/c1-2-6-14-9-11-16(12-10-14)19-17(15-7-4-3-5-8-15)13-18(22)20(23)21(19)24/h3-5,7-8,13-14,16H,2,6,9-12H2,1H3. The van der Waals surface area contributed by atoms with Gasteiger partial charge in [-0.25, -0.2) is 13.2 Å².